The highest BCUT2D eigenvalue weighted by atomic mass is 32.1. The Labute approximate surface area is 161 Å². The predicted molar refractivity (Wildman–Crippen MR) is 117 cm³/mol. The van der Waals surface area contributed by atoms with Gasteiger partial charge in [0.2, 0.25) is 0 Å². The summed E-state index contributed by atoms with van der Waals surface area (Å²) in [6.07, 6.45) is 15.2. The number of allylic oxidation sites excluding steroid dienone is 1. The highest BCUT2D eigenvalue weighted by molar-refractivity contribution is 7.22. The summed E-state index contributed by atoms with van der Waals surface area (Å²) in [5.74, 6) is 0. The molecule has 0 bridgehead atoms. The Morgan fingerprint density at radius 1 is 0.962 bits per heavy atom. The number of thiophene rings is 1. The number of hydrogen-bond donors (Lipinski definition) is 0. The van der Waals surface area contributed by atoms with Crippen molar-refractivity contribution in [1.29, 1.82) is 0 Å². The third kappa shape index (κ3) is 3.64. The van der Waals surface area contributed by atoms with E-state index >= 15 is 0 Å². The number of hydrogen-bond acceptors (Lipinski definition) is 1. The van der Waals surface area contributed by atoms with Gasteiger partial charge in [0.1, 0.15) is 0 Å². The predicted octanol–water partition coefficient (Wildman–Crippen LogP) is 8.24. The summed E-state index contributed by atoms with van der Waals surface area (Å²) in [5, 5.41) is 1.45. The molecule has 134 valence electrons. The average Bonchev–Trinajstić information content (AvgIpc) is 3.19. The Kier molecular flexibility index (Phi) is 5.55. The van der Waals surface area contributed by atoms with Crippen LogP contribution in [0.3, 0.4) is 0 Å². The summed E-state index contributed by atoms with van der Waals surface area (Å²) < 4.78 is 1.42. The number of benzene rings is 2. The SMILES string of the molecule is CCCCCCCC/C=C/c1ccc2c(c1)Cc1c-2sc2ccccc12. The highest BCUT2D eigenvalue weighted by Crippen LogP contribution is 2.46. The van der Waals surface area contributed by atoms with Crippen molar-refractivity contribution in [2.24, 2.45) is 0 Å². The van der Waals surface area contributed by atoms with Crippen molar-refractivity contribution in [3.05, 3.63) is 65.2 Å². The van der Waals surface area contributed by atoms with Crippen LogP contribution in [-0.2, 0) is 6.42 Å². The Morgan fingerprint density at radius 2 is 1.81 bits per heavy atom. The molecule has 1 aliphatic carbocycles. The molecule has 0 fully saturated rings. The van der Waals surface area contributed by atoms with E-state index in [9.17, 15) is 0 Å². The van der Waals surface area contributed by atoms with Crippen molar-refractivity contribution in [1.82, 2.24) is 0 Å². The molecule has 3 aromatic rings. The second-order valence-corrected chi connectivity index (χ2v) is 8.51. The van der Waals surface area contributed by atoms with Gasteiger partial charge in [-0.05, 0) is 46.5 Å². The summed E-state index contributed by atoms with van der Waals surface area (Å²) in [5.41, 5.74) is 5.84. The first-order valence-corrected chi connectivity index (χ1v) is 11.0. The van der Waals surface area contributed by atoms with Gasteiger partial charge in [0.25, 0.3) is 0 Å². The van der Waals surface area contributed by atoms with Crippen LogP contribution in [0.25, 0.3) is 26.6 Å². The van der Waals surface area contributed by atoms with Crippen LogP contribution < -0.4 is 0 Å². The van der Waals surface area contributed by atoms with Gasteiger partial charge in [-0.1, -0.05) is 87.6 Å². The molecule has 2 aromatic carbocycles. The van der Waals surface area contributed by atoms with Crippen molar-refractivity contribution in [2.45, 2.75) is 58.3 Å². The van der Waals surface area contributed by atoms with Crippen LogP contribution >= 0.6 is 11.3 Å². The van der Waals surface area contributed by atoms with E-state index in [1.54, 1.807) is 0 Å². The molecule has 0 saturated heterocycles. The molecule has 1 heterocycles. The molecule has 1 aliphatic rings. The van der Waals surface area contributed by atoms with Crippen molar-refractivity contribution < 1.29 is 0 Å². The topological polar surface area (TPSA) is 0 Å². The standard InChI is InChI=1S/C25H28S/c1-2-3-4-5-6-7-8-9-12-19-15-16-21-20(17-19)18-23-22-13-10-11-14-24(22)26-25(21)23/h9-17H,2-8,18H2,1H3/b12-9+. The summed E-state index contributed by atoms with van der Waals surface area (Å²) >= 11 is 1.95. The number of rotatable bonds is 8. The van der Waals surface area contributed by atoms with E-state index in [1.807, 2.05) is 11.3 Å². The van der Waals surface area contributed by atoms with Crippen LogP contribution in [0.2, 0.25) is 0 Å². The van der Waals surface area contributed by atoms with Gasteiger partial charge < -0.3 is 0 Å². The maximum absolute atomic E-state index is 2.40. The molecule has 0 saturated carbocycles. The Bertz CT molecular complexity index is 913. The monoisotopic (exact) mass is 360 g/mol. The first-order valence-electron chi connectivity index (χ1n) is 10.2. The van der Waals surface area contributed by atoms with Crippen molar-refractivity contribution >= 4 is 27.5 Å². The summed E-state index contributed by atoms with van der Waals surface area (Å²) in [6, 6.07) is 15.8. The minimum absolute atomic E-state index is 1.09. The molecule has 0 spiro atoms. The first kappa shape index (κ1) is 17.5. The van der Waals surface area contributed by atoms with E-state index < -0.39 is 0 Å². The molecule has 4 rings (SSSR count). The lowest BCUT2D eigenvalue weighted by Crippen LogP contribution is -1.83. The maximum atomic E-state index is 2.40. The van der Waals surface area contributed by atoms with E-state index in [1.165, 1.54) is 82.2 Å². The van der Waals surface area contributed by atoms with Crippen LogP contribution in [0.1, 0.15) is 68.6 Å². The van der Waals surface area contributed by atoms with Gasteiger partial charge in [0.05, 0.1) is 0 Å². The van der Waals surface area contributed by atoms with Crippen LogP contribution in [0.4, 0.5) is 0 Å². The third-order valence-electron chi connectivity index (χ3n) is 5.47. The third-order valence-corrected chi connectivity index (χ3v) is 6.72. The highest BCUT2D eigenvalue weighted by Gasteiger charge is 2.23. The van der Waals surface area contributed by atoms with Gasteiger partial charge in [0.15, 0.2) is 0 Å². The lowest BCUT2D eigenvalue weighted by atomic mass is 10.0. The molecule has 0 amide bonds. The Morgan fingerprint density at radius 3 is 2.73 bits per heavy atom. The molecule has 0 atom stereocenters. The molecule has 0 aliphatic heterocycles. The summed E-state index contributed by atoms with van der Waals surface area (Å²) in [4.78, 5) is 1.49. The lowest BCUT2D eigenvalue weighted by Gasteiger charge is -2.02. The zero-order chi connectivity index (χ0) is 17.8. The Balaban J connectivity index is 1.39. The van der Waals surface area contributed by atoms with Crippen LogP contribution in [0, 0.1) is 0 Å². The zero-order valence-electron chi connectivity index (χ0n) is 15.8. The molecule has 0 nitrogen and oxygen atoms in total. The lowest BCUT2D eigenvalue weighted by molar-refractivity contribution is 0.611. The fourth-order valence-corrected chi connectivity index (χ4v) is 5.31. The fraction of sp³-hybridized carbons (Fsp3) is 0.360. The number of unbranched alkanes of at least 4 members (excludes halogenated alkanes) is 6. The van der Waals surface area contributed by atoms with E-state index in [4.69, 9.17) is 0 Å². The van der Waals surface area contributed by atoms with E-state index in [0.29, 0.717) is 0 Å². The second-order valence-electron chi connectivity index (χ2n) is 7.46. The average molecular weight is 361 g/mol. The summed E-state index contributed by atoms with van der Waals surface area (Å²) in [6.45, 7) is 2.28. The van der Waals surface area contributed by atoms with Gasteiger partial charge in [-0.25, -0.2) is 0 Å². The molecule has 1 aromatic heterocycles. The molecular formula is C25H28S. The van der Waals surface area contributed by atoms with Crippen LogP contribution in [0.15, 0.2) is 48.5 Å². The number of fused-ring (bicyclic) bond motifs is 5. The second kappa shape index (κ2) is 8.22. The van der Waals surface area contributed by atoms with Crippen molar-refractivity contribution in [3.8, 4) is 10.4 Å². The minimum atomic E-state index is 1.09. The van der Waals surface area contributed by atoms with Gasteiger partial charge in [-0.3, -0.25) is 0 Å². The first-order chi connectivity index (χ1) is 12.9. The van der Waals surface area contributed by atoms with E-state index in [0.717, 1.165) is 6.42 Å². The molecule has 0 unspecified atom stereocenters. The molecular weight excluding hydrogens is 332 g/mol. The minimum Gasteiger partial charge on any atom is -0.135 e. The fourth-order valence-electron chi connectivity index (χ4n) is 4.03. The molecule has 0 radical (unpaired) electrons. The van der Waals surface area contributed by atoms with E-state index in [-0.39, 0.29) is 0 Å². The van der Waals surface area contributed by atoms with E-state index in [2.05, 4.69) is 61.5 Å². The summed E-state index contributed by atoms with van der Waals surface area (Å²) in [7, 11) is 0. The smallest absolute Gasteiger partial charge is 0.0393 e. The molecule has 0 N–H and O–H groups in total. The van der Waals surface area contributed by atoms with Crippen molar-refractivity contribution in [3.63, 3.8) is 0 Å². The normalized spacial score (nSPS) is 12.8. The van der Waals surface area contributed by atoms with Crippen LogP contribution in [-0.4, -0.2) is 0 Å². The largest absolute Gasteiger partial charge is 0.135 e. The Hall–Kier alpha value is -1.86. The zero-order valence-corrected chi connectivity index (χ0v) is 16.6. The van der Waals surface area contributed by atoms with Gasteiger partial charge >= 0.3 is 0 Å². The van der Waals surface area contributed by atoms with Gasteiger partial charge in [-0.15, -0.1) is 11.3 Å². The van der Waals surface area contributed by atoms with Gasteiger partial charge in [-0.2, -0.15) is 0 Å². The van der Waals surface area contributed by atoms with Crippen LogP contribution in [0.5, 0.6) is 0 Å². The van der Waals surface area contributed by atoms with Gasteiger partial charge in [0, 0.05) is 16.0 Å². The quantitative estimate of drug-likeness (QED) is 0.277. The maximum Gasteiger partial charge on any atom is 0.0393 e. The van der Waals surface area contributed by atoms with Crippen molar-refractivity contribution in [2.75, 3.05) is 0 Å². The molecule has 26 heavy (non-hydrogen) atoms. The molecule has 1 heteroatoms.